The second-order valence-corrected chi connectivity index (χ2v) is 17.6. The number of unbranched alkanes of at least 4 members (excludes halogenated alkanes) is 2. The lowest BCUT2D eigenvalue weighted by Gasteiger charge is -2.60. The highest BCUT2D eigenvalue weighted by atomic mass is 19.1. The van der Waals surface area contributed by atoms with Crippen LogP contribution in [0.5, 0.6) is 11.5 Å². The number of halogens is 1. The average molecular weight is 886 g/mol. The lowest BCUT2D eigenvalue weighted by molar-refractivity contribution is -0.258. The highest BCUT2D eigenvalue weighted by Gasteiger charge is 2.66. The molecule has 6 atom stereocenters. The molecule has 0 spiro atoms. The summed E-state index contributed by atoms with van der Waals surface area (Å²) in [6.45, 7) is 4.98. The van der Waals surface area contributed by atoms with Crippen LogP contribution in [0.3, 0.4) is 0 Å². The van der Waals surface area contributed by atoms with Gasteiger partial charge in [0.1, 0.15) is 30.0 Å². The van der Waals surface area contributed by atoms with Crippen LogP contribution in [0.1, 0.15) is 86.0 Å². The fraction of sp³-hybridized carbons (Fsp3) is 0.415. The van der Waals surface area contributed by atoms with Crippen molar-refractivity contribution in [3.05, 3.63) is 156 Å². The average Bonchev–Trinajstić information content (AvgIpc) is 4.18. The number of rotatable bonds is 21. The van der Waals surface area contributed by atoms with Gasteiger partial charge in [-0.1, -0.05) is 103 Å². The van der Waals surface area contributed by atoms with Gasteiger partial charge in [-0.25, -0.2) is 9.18 Å². The molecule has 0 aromatic heterocycles. The van der Waals surface area contributed by atoms with Crippen LogP contribution < -0.4 is 14.8 Å². The van der Waals surface area contributed by atoms with Crippen LogP contribution in [0.15, 0.2) is 133 Å². The van der Waals surface area contributed by atoms with Gasteiger partial charge < -0.3 is 39.5 Å². The number of allylic oxidation sites excluding steroid dienone is 1. The van der Waals surface area contributed by atoms with Gasteiger partial charge in [-0.2, -0.15) is 0 Å². The summed E-state index contributed by atoms with van der Waals surface area (Å²) in [5, 5.41) is 27.8. The summed E-state index contributed by atoms with van der Waals surface area (Å²) < 4.78 is 34.8. The Hall–Kier alpha value is -5.82. The van der Waals surface area contributed by atoms with Crippen LogP contribution in [-0.2, 0) is 34.1 Å². The molecule has 4 aromatic rings. The van der Waals surface area contributed by atoms with Crippen molar-refractivity contribution in [2.75, 3.05) is 19.8 Å². The Morgan fingerprint density at radius 2 is 1.60 bits per heavy atom. The lowest BCUT2D eigenvalue weighted by Crippen LogP contribution is -2.70. The number of benzene rings is 4. The maximum atomic E-state index is 14.8. The van der Waals surface area contributed by atoms with Gasteiger partial charge in [0.15, 0.2) is 0 Å². The Morgan fingerprint density at radius 1 is 0.892 bits per heavy atom. The van der Waals surface area contributed by atoms with Crippen LogP contribution >= 0.6 is 0 Å². The summed E-state index contributed by atoms with van der Waals surface area (Å²) in [4.78, 5) is 36.2. The second-order valence-electron chi connectivity index (χ2n) is 17.6. The van der Waals surface area contributed by atoms with E-state index in [-0.39, 0.29) is 74.8 Å². The molecule has 1 heterocycles. The van der Waals surface area contributed by atoms with Crippen molar-refractivity contribution < 1.29 is 43.2 Å². The van der Waals surface area contributed by atoms with Gasteiger partial charge >= 0.3 is 6.09 Å². The maximum Gasteiger partial charge on any atom is 0.412 e. The molecule has 8 rings (SSSR count). The number of aliphatic hydroxyl groups is 2. The van der Waals surface area contributed by atoms with E-state index in [0.717, 1.165) is 66.4 Å². The van der Waals surface area contributed by atoms with Crippen molar-refractivity contribution in [3.8, 4) is 11.5 Å². The van der Waals surface area contributed by atoms with Gasteiger partial charge in [0.2, 0.25) is 11.7 Å². The molecule has 65 heavy (non-hydrogen) atoms. The zero-order valence-electron chi connectivity index (χ0n) is 36.9. The molecule has 6 unspecified atom stereocenters. The zero-order valence-corrected chi connectivity index (χ0v) is 36.9. The van der Waals surface area contributed by atoms with Gasteiger partial charge in [-0.15, -0.1) is 6.58 Å². The molecule has 4 aromatic carbocycles. The van der Waals surface area contributed by atoms with Crippen molar-refractivity contribution in [2.24, 2.45) is 28.8 Å². The van der Waals surface area contributed by atoms with Crippen molar-refractivity contribution in [2.45, 2.75) is 95.2 Å². The molecule has 0 saturated heterocycles. The number of oxime groups is 1. The number of hydrogen-bond acceptors (Lipinski definition) is 9. The van der Waals surface area contributed by atoms with Crippen LogP contribution in [-0.4, -0.2) is 64.5 Å². The van der Waals surface area contributed by atoms with Crippen LogP contribution in [0.25, 0.3) is 0 Å². The molecule has 2 amide bonds. The number of fused-ring (bicyclic) bond motifs is 2. The normalized spacial score (nSPS) is 23.6. The van der Waals surface area contributed by atoms with Crippen LogP contribution in [0.2, 0.25) is 0 Å². The Morgan fingerprint density at radius 3 is 2.29 bits per heavy atom. The summed E-state index contributed by atoms with van der Waals surface area (Å²) in [6.07, 6.45) is 9.47. The quantitative estimate of drug-likeness (QED) is 0.0428. The highest BCUT2D eigenvalue weighted by Crippen LogP contribution is 2.62. The largest absolute Gasteiger partial charge is 0.459 e. The molecule has 11 nitrogen and oxygen atoms in total. The molecule has 3 aliphatic carbocycles. The molecule has 0 radical (unpaired) electrons. The fourth-order valence-corrected chi connectivity index (χ4v) is 10.1. The first kappa shape index (κ1) is 45.7. The predicted octanol–water partition coefficient (Wildman–Crippen LogP) is 9.39. The molecule has 2 saturated carbocycles. The third kappa shape index (κ3) is 10.7. The van der Waals surface area contributed by atoms with Crippen molar-refractivity contribution >= 4 is 17.7 Å². The van der Waals surface area contributed by atoms with E-state index in [2.05, 4.69) is 18.0 Å². The number of carbonyl (C=O) groups excluding carboxylic acids is 2. The second kappa shape index (κ2) is 21.4. The molecule has 12 heteroatoms. The number of aliphatic hydroxyl groups excluding tert-OH is 2. The first-order valence-electron chi connectivity index (χ1n) is 23.1. The Labute approximate surface area is 380 Å². The SMILES string of the molecule is C=CCOC12Oc3ccc(OC(=O)NCc4ccccc4)cc3C3C(CCCCO)C(CCCCO)C=C(C(=NOCc4ccccc4)CC1N(Cc1ccc(F)cc1)C(=O)C1CC1)C32. The van der Waals surface area contributed by atoms with E-state index in [1.807, 2.05) is 77.7 Å². The third-order valence-corrected chi connectivity index (χ3v) is 13.2. The topological polar surface area (TPSA) is 139 Å². The first-order chi connectivity index (χ1) is 31.8. The van der Waals surface area contributed by atoms with Gasteiger partial charge in [-0.3, -0.25) is 4.79 Å². The number of carbonyl (C=O) groups is 2. The van der Waals surface area contributed by atoms with Gasteiger partial charge in [0, 0.05) is 50.1 Å². The van der Waals surface area contributed by atoms with Crippen molar-refractivity contribution in [1.82, 2.24) is 10.2 Å². The molecule has 4 aliphatic rings. The van der Waals surface area contributed by atoms with Gasteiger partial charge in [0.25, 0.3) is 0 Å². The molecular weight excluding hydrogens is 826 g/mol. The smallest absolute Gasteiger partial charge is 0.412 e. The van der Waals surface area contributed by atoms with E-state index in [1.165, 1.54) is 12.1 Å². The standard InChI is InChI=1S/C53H60FN3O8/c1-2-29-62-53-48(57(51(60)39-21-22-39)34-37-19-23-41(54)24-20-37)32-46(56-63-35-38-15-7-4-8-16-38)44-30-40(17-9-11-27-58)43(18-10-12-28-59)49(50(44)53)45-31-42(25-26-47(45)65-53)64-52(61)55-33-36-13-5-3-6-14-36/h2-8,13-16,19-20,23-26,30-31,39-40,43,48-50,58-59H,1,9-12,17-18,21-22,27-29,32-35H2,(H,55,61). The Bertz CT molecular complexity index is 2300. The number of hydrogen-bond donors (Lipinski definition) is 3. The van der Waals surface area contributed by atoms with E-state index >= 15 is 0 Å². The van der Waals surface area contributed by atoms with Gasteiger partial charge in [0.05, 0.1) is 18.2 Å². The summed E-state index contributed by atoms with van der Waals surface area (Å²) in [6, 6.07) is 30.4. The summed E-state index contributed by atoms with van der Waals surface area (Å²) in [5.41, 5.74) is 5.04. The van der Waals surface area contributed by atoms with Crippen LogP contribution in [0, 0.1) is 29.5 Å². The molecule has 3 N–H and O–H groups in total. The maximum absolute atomic E-state index is 14.8. The van der Waals surface area contributed by atoms with E-state index < -0.39 is 23.8 Å². The molecule has 2 fully saturated rings. The summed E-state index contributed by atoms with van der Waals surface area (Å²) in [5.74, 6) is -2.05. The third-order valence-electron chi connectivity index (χ3n) is 13.2. The molecular formula is C53H60FN3O8. The monoisotopic (exact) mass is 885 g/mol. The molecule has 342 valence electrons. The first-order valence-corrected chi connectivity index (χ1v) is 23.1. The van der Waals surface area contributed by atoms with E-state index in [0.29, 0.717) is 36.6 Å². The fourth-order valence-electron chi connectivity index (χ4n) is 10.1. The lowest BCUT2D eigenvalue weighted by atomic mass is 9.55. The summed E-state index contributed by atoms with van der Waals surface area (Å²) >= 11 is 0. The van der Waals surface area contributed by atoms with Crippen molar-refractivity contribution in [3.63, 3.8) is 0 Å². The van der Waals surface area contributed by atoms with E-state index in [1.54, 1.807) is 24.3 Å². The number of nitrogens with zero attached hydrogens (tertiary/aromatic N) is 2. The Kier molecular flexibility index (Phi) is 15.1. The number of ether oxygens (including phenoxy) is 3. The minimum absolute atomic E-state index is 0.0116. The number of nitrogens with one attached hydrogen (secondary N) is 1. The molecule has 1 aliphatic heterocycles. The zero-order chi connectivity index (χ0) is 45.2. The summed E-state index contributed by atoms with van der Waals surface area (Å²) in [7, 11) is 0. The van der Waals surface area contributed by atoms with E-state index in [4.69, 9.17) is 24.2 Å². The minimum atomic E-state index is -1.47. The number of amides is 2. The van der Waals surface area contributed by atoms with Crippen molar-refractivity contribution in [1.29, 1.82) is 0 Å². The van der Waals surface area contributed by atoms with E-state index in [9.17, 15) is 24.2 Å². The van der Waals surface area contributed by atoms with Crippen LogP contribution in [0.4, 0.5) is 9.18 Å². The van der Waals surface area contributed by atoms with Gasteiger partial charge in [-0.05, 0) is 103 Å². The highest BCUT2D eigenvalue weighted by molar-refractivity contribution is 6.03. The Balaban J connectivity index is 1.29. The minimum Gasteiger partial charge on any atom is -0.459 e. The predicted molar refractivity (Wildman–Crippen MR) is 245 cm³/mol. The molecule has 0 bridgehead atoms.